The molecule has 0 aliphatic carbocycles. The molecule has 0 saturated carbocycles. The van der Waals surface area contributed by atoms with Gasteiger partial charge in [-0.2, -0.15) is 0 Å². The summed E-state index contributed by atoms with van der Waals surface area (Å²) < 4.78 is 26.8. The minimum atomic E-state index is -0.796. The summed E-state index contributed by atoms with van der Waals surface area (Å²) in [6, 6.07) is 14.3. The lowest BCUT2D eigenvalue weighted by molar-refractivity contribution is 0.252. The third-order valence-electron chi connectivity index (χ3n) is 6.25. The maximum atomic E-state index is 13.6. The van der Waals surface area contributed by atoms with E-state index < -0.39 is 11.6 Å². The van der Waals surface area contributed by atoms with Gasteiger partial charge in [-0.25, -0.2) is 18.7 Å². The van der Waals surface area contributed by atoms with Crippen LogP contribution in [-0.4, -0.2) is 57.5 Å². The van der Waals surface area contributed by atoms with Gasteiger partial charge in [-0.1, -0.05) is 12.1 Å². The molecule has 0 radical (unpaired) electrons. The SMILES string of the molecule is Fc1ccc(CN2CCCN(CCc3cc(-c4cccs4)nc(-c4ccncc4)n3)CC2)cc1F. The Bertz CT molecular complexity index is 1250. The molecule has 5 nitrogen and oxygen atoms in total. The molecule has 1 aliphatic rings. The molecule has 8 heteroatoms. The van der Waals surface area contributed by atoms with Crippen molar-refractivity contribution in [3.63, 3.8) is 0 Å². The second-order valence-corrected chi connectivity index (χ2v) is 9.70. The van der Waals surface area contributed by atoms with Crippen molar-refractivity contribution in [1.82, 2.24) is 24.8 Å². The van der Waals surface area contributed by atoms with Gasteiger partial charge in [-0.3, -0.25) is 9.88 Å². The highest BCUT2D eigenvalue weighted by atomic mass is 32.1. The second kappa shape index (κ2) is 11.1. The van der Waals surface area contributed by atoms with Gasteiger partial charge in [0.15, 0.2) is 17.5 Å². The van der Waals surface area contributed by atoms with E-state index in [9.17, 15) is 8.78 Å². The zero-order chi connectivity index (χ0) is 24.0. The molecule has 1 fully saturated rings. The third kappa shape index (κ3) is 6.14. The van der Waals surface area contributed by atoms with E-state index in [4.69, 9.17) is 9.97 Å². The summed E-state index contributed by atoms with van der Waals surface area (Å²) in [5.41, 5.74) is 3.74. The fraction of sp³-hybridized carbons (Fsp3) is 0.296. The molecule has 3 aromatic heterocycles. The Morgan fingerprint density at radius 1 is 0.857 bits per heavy atom. The van der Waals surface area contributed by atoms with E-state index in [1.165, 1.54) is 12.1 Å². The fourth-order valence-electron chi connectivity index (χ4n) is 4.38. The molecular formula is C27H27F2N5S. The zero-order valence-corrected chi connectivity index (χ0v) is 20.2. The minimum Gasteiger partial charge on any atom is -0.302 e. The van der Waals surface area contributed by atoms with Crippen molar-refractivity contribution < 1.29 is 8.78 Å². The number of pyridine rings is 1. The Morgan fingerprint density at radius 3 is 2.49 bits per heavy atom. The van der Waals surface area contributed by atoms with Crippen LogP contribution in [0.1, 0.15) is 17.7 Å². The van der Waals surface area contributed by atoms with Gasteiger partial charge >= 0.3 is 0 Å². The average molecular weight is 492 g/mol. The smallest absolute Gasteiger partial charge is 0.160 e. The van der Waals surface area contributed by atoms with E-state index in [2.05, 4.69) is 32.3 Å². The van der Waals surface area contributed by atoms with Crippen LogP contribution in [0.3, 0.4) is 0 Å². The summed E-state index contributed by atoms with van der Waals surface area (Å²) in [6.45, 7) is 5.33. The lowest BCUT2D eigenvalue weighted by atomic mass is 10.2. The van der Waals surface area contributed by atoms with Crippen molar-refractivity contribution in [3.05, 3.63) is 89.2 Å². The van der Waals surface area contributed by atoms with Gasteiger partial charge in [-0.05, 0) is 66.9 Å². The number of rotatable bonds is 7. The number of aromatic nitrogens is 3. The molecule has 0 spiro atoms. The lowest BCUT2D eigenvalue weighted by Gasteiger charge is -2.22. The molecule has 4 heterocycles. The Morgan fingerprint density at radius 2 is 1.69 bits per heavy atom. The fourth-order valence-corrected chi connectivity index (χ4v) is 5.07. The number of hydrogen-bond donors (Lipinski definition) is 0. The van der Waals surface area contributed by atoms with Gasteiger partial charge in [0.25, 0.3) is 0 Å². The molecule has 4 aromatic rings. The summed E-state index contributed by atoms with van der Waals surface area (Å²) in [6.07, 6.45) is 5.40. The van der Waals surface area contributed by atoms with Gasteiger partial charge in [0, 0.05) is 56.3 Å². The van der Waals surface area contributed by atoms with Crippen molar-refractivity contribution in [1.29, 1.82) is 0 Å². The topological polar surface area (TPSA) is 45.2 Å². The summed E-state index contributed by atoms with van der Waals surface area (Å²) in [7, 11) is 0. The van der Waals surface area contributed by atoms with Crippen LogP contribution in [0.25, 0.3) is 22.0 Å². The molecule has 0 N–H and O–H groups in total. The minimum absolute atomic E-state index is 0.635. The van der Waals surface area contributed by atoms with Gasteiger partial charge in [-0.15, -0.1) is 11.3 Å². The molecule has 0 unspecified atom stereocenters. The number of hydrogen-bond acceptors (Lipinski definition) is 6. The maximum absolute atomic E-state index is 13.6. The zero-order valence-electron chi connectivity index (χ0n) is 19.4. The van der Waals surface area contributed by atoms with Gasteiger partial charge in [0.2, 0.25) is 0 Å². The highest BCUT2D eigenvalue weighted by molar-refractivity contribution is 7.13. The Hall–Kier alpha value is -3.07. The quantitative estimate of drug-likeness (QED) is 0.351. The Labute approximate surface area is 208 Å². The number of nitrogens with zero attached hydrogens (tertiary/aromatic N) is 5. The van der Waals surface area contributed by atoms with E-state index in [0.29, 0.717) is 6.54 Å². The van der Waals surface area contributed by atoms with E-state index in [1.54, 1.807) is 29.8 Å². The summed E-state index contributed by atoms with van der Waals surface area (Å²) >= 11 is 1.68. The third-order valence-corrected chi connectivity index (χ3v) is 7.14. The monoisotopic (exact) mass is 491 g/mol. The van der Waals surface area contributed by atoms with Crippen LogP contribution in [0.5, 0.6) is 0 Å². The Balaban J connectivity index is 1.24. The second-order valence-electron chi connectivity index (χ2n) is 8.75. The molecule has 0 atom stereocenters. The van der Waals surface area contributed by atoms with Crippen LogP contribution in [-0.2, 0) is 13.0 Å². The molecule has 5 rings (SSSR count). The normalized spacial score (nSPS) is 15.3. The standard InChI is InChI=1S/C27H27F2N5S/c28-23-5-4-20(17-24(23)29)19-34-12-2-11-33(14-15-34)13-8-22-18-25(26-3-1-16-35-26)32-27(31-22)21-6-9-30-10-7-21/h1,3-7,9-10,16-18H,2,8,11-15,19H2. The first-order valence-electron chi connectivity index (χ1n) is 11.8. The first-order chi connectivity index (χ1) is 17.1. The van der Waals surface area contributed by atoms with Crippen LogP contribution < -0.4 is 0 Å². The molecule has 180 valence electrons. The van der Waals surface area contributed by atoms with Crippen molar-refractivity contribution in [2.75, 3.05) is 32.7 Å². The molecule has 0 amide bonds. The van der Waals surface area contributed by atoms with Gasteiger partial charge in [0.05, 0.1) is 10.6 Å². The predicted octanol–water partition coefficient (Wildman–Crippen LogP) is 5.30. The van der Waals surface area contributed by atoms with Crippen molar-refractivity contribution in [3.8, 4) is 22.0 Å². The van der Waals surface area contributed by atoms with Crippen molar-refractivity contribution in [2.45, 2.75) is 19.4 Å². The summed E-state index contributed by atoms with van der Waals surface area (Å²) in [5.74, 6) is -0.853. The molecule has 1 saturated heterocycles. The Kier molecular flexibility index (Phi) is 7.51. The van der Waals surface area contributed by atoms with Crippen LogP contribution >= 0.6 is 11.3 Å². The molecular weight excluding hydrogens is 464 g/mol. The molecule has 1 aliphatic heterocycles. The first-order valence-corrected chi connectivity index (χ1v) is 12.7. The number of thiophene rings is 1. The summed E-state index contributed by atoms with van der Waals surface area (Å²) in [4.78, 5) is 19.7. The highest BCUT2D eigenvalue weighted by Gasteiger charge is 2.17. The van der Waals surface area contributed by atoms with Crippen LogP contribution in [0.4, 0.5) is 8.78 Å². The largest absolute Gasteiger partial charge is 0.302 e. The van der Waals surface area contributed by atoms with Crippen molar-refractivity contribution in [2.24, 2.45) is 0 Å². The molecule has 1 aromatic carbocycles. The van der Waals surface area contributed by atoms with E-state index in [1.807, 2.05) is 18.2 Å². The number of benzene rings is 1. The molecule has 0 bridgehead atoms. The highest BCUT2D eigenvalue weighted by Crippen LogP contribution is 2.26. The number of halogens is 2. The lowest BCUT2D eigenvalue weighted by Crippen LogP contribution is -2.32. The summed E-state index contributed by atoms with van der Waals surface area (Å²) in [5, 5.41) is 2.06. The average Bonchev–Trinajstić information content (AvgIpc) is 3.34. The first kappa shape index (κ1) is 23.7. The predicted molar refractivity (Wildman–Crippen MR) is 135 cm³/mol. The van der Waals surface area contributed by atoms with Crippen LogP contribution in [0.2, 0.25) is 0 Å². The van der Waals surface area contributed by atoms with Gasteiger partial charge in [0.1, 0.15) is 0 Å². The van der Waals surface area contributed by atoms with Gasteiger partial charge < -0.3 is 4.90 Å². The van der Waals surface area contributed by atoms with E-state index >= 15 is 0 Å². The maximum Gasteiger partial charge on any atom is 0.160 e. The van der Waals surface area contributed by atoms with Crippen LogP contribution in [0, 0.1) is 11.6 Å². The van der Waals surface area contributed by atoms with E-state index in [-0.39, 0.29) is 0 Å². The molecule has 35 heavy (non-hydrogen) atoms. The van der Waals surface area contributed by atoms with Crippen molar-refractivity contribution >= 4 is 11.3 Å². The van der Waals surface area contributed by atoms with Crippen LogP contribution in [0.15, 0.2) is 66.3 Å². The van der Waals surface area contributed by atoms with E-state index in [0.717, 1.165) is 78.8 Å².